The highest BCUT2D eigenvalue weighted by atomic mass is 35.5. The summed E-state index contributed by atoms with van der Waals surface area (Å²) in [6.45, 7) is 0. The summed E-state index contributed by atoms with van der Waals surface area (Å²) < 4.78 is 36.0. The van der Waals surface area contributed by atoms with Crippen molar-refractivity contribution in [3.8, 4) is 0 Å². The fourth-order valence-corrected chi connectivity index (χ4v) is 1.59. The second-order valence-electron chi connectivity index (χ2n) is 3.74. The zero-order valence-electron chi connectivity index (χ0n) is 10.0. The third kappa shape index (κ3) is 3.45. The smallest absolute Gasteiger partial charge is 0.183 e. The number of rotatable bonds is 0. The molecule has 0 aliphatic rings. The molecule has 0 aliphatic carbocycles. The van der Waals surface area contributed by atoms with E-state index in [2.05, 4.69) is 58.5 Å². The van der Waals surface area contributed by atoms with E-state index in [4.69, 9.17) is 11.6 Å². The van der Waals surface area contributed by atoms with Crippen LogP contribution in [-0.2, 0) is 0 Å². The van der Waals surface area contributed by atoms with Gasteiger partial charge in [-0.25, -0.2) is 0 Å². The van der Waals surface area contributed by atoms with E-state index >= 15 is 0 Å². The Balaban J connectivity index is 0.000000147. The molecule has 3 rings (SSSR count). The molecule has 2 nitrogen and oxygen atoms in total. The highest BCUT2D eigenvalue weighted by molar-refractivity contribution is 6.30. The van der Waals surface area contributed by atoms with Crippen LogP contribution in [0.5, 0.6) is 0 Å². The number of aromatic nitrogens is 2. The molecular weight excluding hydrogens is 289 g/mol. The molecule has 0 N–H and O–H groups in total. The van der Waals surface area contributed by atoms with E-state index < -0.39 is 23.0 Å². The van der Waals surface area contributed by atoms with Crippen molar-refractivity contribution in [1.82, 2.24) is 9.97 Å². The molecular formula is C14H8ClF3N2. The Morgan fingerprint density at radius 2 is 1.05 bits per heavy atom. The predicted octanol–water partition coefficient (Wildman–Crippen LogP) is 4.39. The molecule has 1 heterocycles. The van der Waals surface area contributed by atoms with Gasteiger partial charge in [0, 0.05) is 0 Å². The highest BCUT2D eigenvalue weighted by Gasteiger charge is 2.10. The standard InChI is InChI=1S/C10H8.C4ClF3N2/c1-2-6-10-8-4-3-7-9(10)5-1;5-1-2(6)9-4(8)10-3(1)7/h1-8H;. The predicted molar refractivity (Wildman–Crippen MR) is 70.9 cm³/mol. The lowest BCUT2D eigenvalue weighted by atomic mass is 10.1. The van der Waals surface area contributed by atoms with Gasteiger partial charge in [-0.2, -0.15) is 23.1 Å². The monoisotopic (exact) mass is 296 g/mol. The van der Waals surface area contributed by atoms with Crippen molar-refractivity contribution in [2.24, 2.45) is 0 Å². The van der Waals surface area contributed by atoms with Crippen molar-refractivity contribution in [2.75, 3.05) is 0 Å². The van der Waals surface area contributed by atoms with Crippen LogP contribution in [0, 0.1) is 18.0 Å². The molecule has 0 bridgehead atoms. The van der Waals surface area contributed by atoms with Crippen molar-refractivity contribution in [1.29, 1.82) is 0 Å². The van der Waals surface area contributed by atoms with Gasteiger partial charge in [0.25, 0.3) is 0 Å². The average molecular weight is 297 g/mol. The van der Waals surface area contributed by atoms with Crippen molar-refractivity contribution in [3.05, 3.63) is 71.5 Å². The molecule has 0 unspecified atom stereocenters. The molecule has 0 amide bonds. The first-order chi connectivity index (χ1) is 9.58. The molecule has 20 heavy (non-hydrogen) atoms. The van der Waals surface area contributed by atoms with Crippen molar-refractivity contribution >= 4 is 22.4 Å². The lowest BCUT2D eigenvalue weighted by Crippen LogP contribution is -1.97. The van der Waals surface area contributed by atoms with Gasteiger partial charge in [-0.3, -0.25) is 0 Å². The Labute approximate surface area is 117 Å². The van der Waals surface area contributed by atoms with Gasteiger partial charge in [0.1, 0.15) is 0 Å². The number of halogens is 4. The van der Waals surface area contributed by atoms with Crippen LogP contribution in [-0.4, -0.2) is 9.97 Å². The van der Waals surface area contributed by atoms with Crippen LogP contribution in [0.4, 0.5) is 13.2 Å². The molecule has 0 fully saturated rings. The minimum Gasteiger partial charge on any atom is -0.183 e. The van der Waals surface area contributed by atoms with Gasteiger partial charge in [-0.15, -0.1) is 0 Å². The van der Waals surface area contributed by atoms with E-state index in [1.54, 1.807) is 0 Å². The third-order valence-electron chi connectivity index (χ3n) is 2.40. The van der Waals surface area contributed by atoms with Gasteiger partial charge in [0.05, 0.1) is 0 Å². The fraction of sp³-hybridized carbons (Fsp3) is 0. The second-order valence-corrected chi connectivity index (χ2v) is 4.11. The molecule has 0 saturated carbocycles. The Hall–Kier alpha value is -2.14. The Kier molecular flexibility index (Phi) is 4.53. The molecule has 3 aromatic rings. The van der Waals surface area contributed by atoms with Crippen LogP contribution < -0.4 is 0 Å². The summed E-state index contributed by atoms with van der Waals surface area (Å²) in [7, 11) is 0. The first kappa shape index (κ1) is 14.3. The average Bonchev–Trinajstić information content (AvgIpc) is 2.45. The minimum atomic E-state index is -1.47. The van der Waals surface area contributed by atoms with Crippen LogP contribution in [0.1, 0.15) is 0 Å². The molecule has 2 aromatic carbocycles. The maximum atomic E-state index is 12.1. The van der Waals surface area contributed by atoms with Gasteiger partial charge in [-0.1, -0.05) is 60.1 Å². The maximum Gasteiger partial charge on any atom is 0.314 e. The number of nitrogens with zero attached hydrogens (tertiary/aromatic N) is 2. The first-order valence-electron chi connectivity index (χ1n) is 5.56. The summed E-state index contributed by atoms with van der Waals surface area (Å²) in [5.41, 5.74) is 0. The van der Waals surface area contributed by atoms with Crippen LogP contribution in [0.2, 0.25) is 5.02 Å². The molecule has 0 spiro atoms. The molecule has 6 heteroatoms. The van der Waals surface area contributed by atoms with Crippen LogP contribution in [0.15, 0.2) is 48.5 Å². The molecule has 0 radical (unpaired) electrons. The zero-order chi connectivity index (χ0) is 14.5. The summed E-state index contributed by atoms with van der Waals surface area (Å²) >= 11 is 4.91. The Bertz CT molecular complexity index is 646. The minimum absolute atomic E-state index is 0.901. The number of hydrogen-bond acceptors (Lipinski definition) is 2. The van der Waals surface area contributed by atoms with Crippen LogP contribution in [0.3, 0.4) is 0 Å². The van der Waals surface area contributed by atoms with E-state index in [1.165, 1.54) is 10.8 Å². The topological polar surface area (TPSA) is 25.8 Å². The first-order valence-corrected chi connectivity index (χ1v) is 5.93. The Morgan fingerprint density at radius 3 is 1.40 bits per heavy atom. The maximum absolute atomic E-state index is 12.1. The van der Waals surface area contributed by atoms with Gasteiger partial charge in [0.2, 0.25) is 11.9 Å². The summed E-state index contributed by atoms with van der Waals surface area (Å²) in [5, 5.41) is 1.72. The quantitative estimate of drug-likeness (QED) is 0.454. The van der Waals surface area contributed by atoms with E-state index in [0.29, 0.717) is 0 Å². The second kappa shape index (κ2) is 6.34. The number of benzene rings is 2. The fourth-order valence-electron chi connectivity index (χ4n) is 1.50. The molecule has 0 aliphatic heterocycles. The molecule has 0 atom stereocenters. The van der Waals surface area contributed by atoms with E-state index in [0.717, 1.165) is 0 Å². The molecule has 102 valence electrons. The lowest BCUT2D eigenvalue weighted by Gasteiger charge is -1.92. The summed E-state index contributed by atoms with van der Waals surface area (Å²) in [6, 6.07) is 16.7. The van der Waals surface area contributed by atoms with E-state index in [1.807, 2.05) is 0 Å². The third-order valence-corrected chi connectivity index (χ3v) is 2.71. The molecule has 1 aromatic heterocycles. The number of hydrogen-bond donors (Lipinski definition) is 0. The summed E-state index contributed by atoms with van der Waals surface area (Å²) in [6.07, 6.45) is -1.47. The Morgan fingerprint density at radius 1 is 0.700 bits per heavy atom. The summed E-state index contributed by atoms with van der Waals surface area (Å²) in [5.74, 6) is -2.79. The van der Waals surface area contributed by atoms with Gasteiger partial charge in [0.15, 0.2) is 5.02 Å². The van der Waals surface area contributed by atoms with Crippen molar-refractivity contribution < 1.29 is 13.2 Å². The van der Waals surface area contributed by atoms with Gasteiger partial charge < -0.3 is 0 Å². The van der Waals surface area contributed by atoms with Crippen molar-refractivity contribution in [3.63, 3.8) is 0 Å². The lowest BCUT2D eigenvalue weighted by molar-refractivity contribution is 0.439. The van der Waals surface area contributed by atoms with Gasteiger partial charge >= 0.3 is 6.08 Å². The van der Waals surface area contributed by atoms with Crippen LogP contribution >= 0.6 is 11.6 Å². The SMILES string of the molecule is Fc1nc(F)c(Cl)c(F)n1.c1ccc2ccccc2c1. The van der Waals surface area contributed by atoms with Gasteiger partial charge in [-0.05, 0) is 10.8 Å². The largest absolute Gasteiger partial charge is 0.314 e. The van der Waals surface area contributed by atoms with E-state index in [-0.39, 0.29) is 0 Å². The number of fused-ring (bicyclic) bond motifs is 1. The van der Waals surface area contributed by atoms with E-state index in [9.17, 15) is 13.2 Å². The highest BCUT2D eigenvalue weighted by Crippen LogP contribution is 2.14. The van der Waals surface area contributed by atoms with Crippen LogP contribution in [0.25, 0.3) is 10.8 Å². The normalized spacial score (nSPS) is 10.0. The zero-order valence-corrected chi connectivity index (χ0v) is 10.8. The van der Waals surface area contributed by atoms with Crippen molar-refractivity contribution in [2.45, 2.75) is 0 Å². The molecule has 0 saturated heterocycles. The summed E-state index contributed by atoms with van der Waals surface area (Å²) in [4.78, 5) is 5.04.